The number of nitrogens with one attached hydrogen (secondary N) is 3. The summed E-state index contributed by atoms with van der Waals surface area (Å²) in [6, 6.07) is -2.40. The quantitative estimate of drug-likeness (QED) is 0.140. The topological polar surface area (TPSA) is 195 Å². The van der Waals surface area contributed by atoms with Crippen LogP contribution in [0.4, 0.5) is 9.59 Å². The van der Waals surface area contributed by atoms with Crippen molar-refractivity contribution in [3.05, 3.63) is 0 Å². The molecule has 172 valence electrons. The molecule has 0 spiro atoms. The molecule has 0 aliphatic rings. The van der Waals surface area contributed by atoms with Gasteiger partial charge in [0.1, 0.15) is 18.2 Å². The number of rotatable bonds is 12. The third-order valence-electron chi connectivity index (χ3n) is 3.52. The highest BCUT2D eigenvalue weighted by molar-refractivity contribution is 5.87. The molecule has 0 saturated carbocycles. The van der Waals surface area contributed by atoms with E-state index < -0.39 is 54.6 Å². The van der Waals surface area contributed by atoms with Crippen molar-refractivity contribution in [3.8, 4) is 0 Å². The largest absolute Gasteiger partial charge is 0.481 e. The lowest BCUT2D eigenvalue weighted by Gasteiger charge is -2.22. The Morgan fingerprint density at radius 3 is 2.20 bits per heavy atom. The van der Waals surface area contributed by atoms with Crippen molar-refractivity contribution < 1.29 is 44.1 Å². The normalized spacial score (nSPS) is 11.7. The van der Waals surface area contributed by atoms with Gasteiger partial charge in [-0.2, -0.15) is 0 Å². The van der Waals surface area contributed by atoms with Gasteiger partial charge < -0.3 is 30.5 Å². The third-order valence-corrected chi connectivity index (χ3v) is 3.52. The van der Waals surface area contributed by atoms with Crippen molar-refractivity contribution in [3.63, 3.8) is 0 Å². The fourth-order valence-corrected chi connectivity index (χ4v) is 2.19. The Balaban J connectivity index is 4.52. The average Bonchev–Trinajstić information content (AvgIpc) is 2.61. The van der Waals surface area contributed by atoms with Gasteiger partial charge in [0.2, 0.25) is 5.91 Å². The Bertz CT molecular complexity index is 619. The van der Waals surface area contributed by atoms with Crippen LogP contribution in [0.1, 0.15) is 46.5 Å². The Labute approximate surface area is 173 Å². The number of carbonyl (C=O) groups excluding carboxylic acids is 3. The van der Waals surface area contributed by atoms with Crippen molar-refractivity contribution in [1.82, 2.24) is 21.0 Å². The fraction of sp³-hybridized carbons (Fsp3) is 0.706. The van der Waals surface area contributed by atoms with E-state index in [0.717, 1.165) is 4.90 Å². The number of amides is 4. The molecule has 0 unspecified atom stereocenters. The van der Waals surface area contributed by atoms with Gasteiger partial charge in [-0.3, -0.25) is 14.8 Å². The lowest BCUT2D eigenvalue weighted by atomic mass is 10.1. The first-order valence-corrected chi connectivity index (χ1v) is 9.25. The number of ether oxygens (including phenoxy) is 1. The average molecular weight is 434 g/mol. The number of carboxylic acid groups (broad SMARTS) is 2. The number of hydrogen-bond acceptors (Lipinski definition) is 7. The molecule has 1 atom stereocenters. The molecule has 0 aromatic heterocycles. The van der Waals surface area contributed by atoms with Gasteiger partial charge in [0.05, 0.1) is 0 Å². The summed E-state index contributed by atoms with van der Waals surface area (Å²) in [5, 5.41) is 31.2. The van der Waals surface area contributed by atoms with E-state index in [1.165, 1.54) is 5.48 Å². The molecule has 0 fully saturated rings. The second kappa shape index (κ2) is 13.2. The minimum absolute atomic E-state index is 0.0304. The fourth-order valence-electron chi connectivity index (χ4n) is 2.19. The maximum absolute atomic E-state index is 12.0. The summed E-state index contributed by atoms with van der Waals surface area (Å²) in [5.74, 6) is -3.45. The number of nitrogens with zero attached hydrogens (tertiary/aromatic N) is 1. The van der Waals surface area contributed by atoms with Gasteiger partial charge in [0.25, 0.3) is 0 Å². The first kappa shape index (κ1) is 26.9. The maximum atomic E-state index is 12.0. The maximum Gasteiger partial charge on any atom is 0.407 e. The number of hydrogen-bond donors (Lipinski definition) is 6. The monoisotopic (exact) mass is 434 g/mol. The minimum atomic E-state index is -1.43. The molecule has 0 aliphatic heterocycles. The van der Waals surface area contributed by atoms with Crippen molar-refractivity contribution in [2.75, 3.05) is 19.6 Å². The van der Waals surface area contributed by atoms with E-state index >= 15 is 0 Å². The van der Waals surface area contributed by atoms with Gasteiger partial charge in [0.15, 0.2) is 0 Å². The van der Waals surface area contributed by atoms with Crippen molar-refractivity contribution in [2.45, 2.75) is 58.1 Å². The second-order valence-electron chi connectivity index (χ2n) is 7.37. The lowest BCUT2D eigenvalue weighted by Crippen LogP contribution is -2.49. The molecule has 0 radical (unpaired) electrons. The SMILES string of the molecule is CC(C)(C)OC(=O)NCCCCN(CC(=O)N[C@@H](CCC(=O)O)C(=O)O)C(=O)NO. The van der Waals surface area contributed by atoms with E-state index in [2.05, 4.69) is 10.6 Å². The first-order chi connectivity index (χ1) is 13.9. The number of carbonyl (C=O) groups is 5. The van der Waals surface area contributed by atoms with Crippen molar-refractivity contribution in [2.24, 2.45) is 0 Å². The standard InChI is InChI=1S/C17H30N4O9/c1-17(2,3)30-16(28)18-8-4-5-9-21(15(27)20-29)10-12(22)19-11(14(25)26)6-7-13(23)24/h11,29H,4-10H2,1-3H3,(H,18,28)(H,19,22)(H,20,27)(H,23,24)(H,25,26)/t11-/m0/s1. The summed E-state index contributed by atoms with van der Waals surface area (Å²) in [5.41, 5.74) is 0.761. The zero-order valence-corrected chi connectivity index (χ0v) is 17.3. The van der Waals surface area contributed by atoms with E-state index in [1.54, 1.807) is 20.8 Å². The smallest absolute Gasteiger partial charge is 0.407 e. The van der Waals surface area contributed by atoms with E-state index in [-0.39, 0.29) is 19.5 Å². The molecule has 0 rings (SSSR count). The number of unbranched alkanes of at least 4 members (excludes halogenated alkanes) is 1. The Hall–Kier alpha value is -3.09. The molecule has 0 aliphatic carbocycles. The van der Waals surface area contributed by atoms with E-state index in [9.17, 15) is 24.0 Å². The van der Waals surface area contributed by atoms with Gasteiger partial charge in [0, 0.05) is 19.5 Å². The van der Waals surface area contributed by atoms with Crippen LogP contribution in [0.25, 0.3) is 0 Å². The van der Waals surface area contributed by atoms with E-state index in [4.69, 9.17) is 20.2 Å². The molecular weight excluding hydrogens is 404 g/mol. The number of urea groups is 1. The Morgan fingerprint density at radius 2 is 1.70 bits per heavy atom. The van der Waals surface area contributed by atoms with Gasteiger partial charge in [-0.05, 0) is 40.0 Å². The van der Waals surface area contributed by atoms with Crippen molar-refractivity contribution in [1.29, 1.82) is 0 Å². The van der Waals surface area contributed by atoms with Crippen LogP contribution in [0.5, 0.6) is 0 Å². The van der Waals surface area contributed by atoms with Crippen LogP contribution in [0.2, 0.25) is 0 Å². The molecule has 30 heavy (non-hydrogen) atoms. The molecule has 0 aromatic carbocycles. The van der Waals surface area contributed by atoms with Gasteiger partial charge in [-0.15, -0.1) is 0 Å². The molecule has 0 heterocycles. The van der Waals surface area contributed by atoms with Crippen LogP contribution in [-0.4, -0.2) is 81.6 Å². The van der Waals surface area contributed by atoms with E-state index in [1.807, 2.05) is 0 Å². The summed E-state index contributed by atoms with van der Waals surface area (Å²) in [6.07, 6.45) is -0.570. The molecule has 0 bridgehead atoms. The van der Waals surface area contributed by atoms with Crippen LogP contribution in [-0.2, 0) is 19.1 Å². The second-order valence-corrected chi connectivity index (χ2v) is 7.37. The molecule has 13 nitrogen and oxygen atoms in total. The zero-order valence-electron chi connectivity index (χ0n) is 17.3. The number of carboxylic acids is 2. The highest BCUT2D eigenvalue weighted by Crippen LogP contribution is 2.06. The lowest BCUT2D eigenvalue weighted by molar-refractivity contribution is -0.143. The van der Waals surface area contributed by atoms with Crippen molar-refractivity contribution >= 4 is 30.0 Å². The molecule has 0 aromatic rings. The first-order valence-electron chi connectivity index (χ1n) is 9.25. The van der Waals surface area contributed by atoms with Gasteiger partial charge in [-0.1, -0.05) is 0 Å². The Morgan fingerprint density at radius 1 is 1.07 bits per heavy atom. The predicted octanol–water partition coefficient (Wildman–Crippen LogP) is 0.126. The highest BCUT2D eigenvalue weighted by atomic mass is 16.6. The number of hydroxylamine groups is 1. The van der Waals surface area contributed by atoms with Gasteiger partial charge in [-0.25, -0.2) is 19.9 Å². The summed E-state index contributed by atoms with van der Waals surface area (Å²) < 4.78 is 5.07. The van der Waals surface area contributed by atoms with Crippen LogP contribution < -0.4 is 16.1 Å². The molecule has 0 saturated heterocycles. The van der Waals surface area contributed by atoms with E-state index in [0.29, 0.717) is 12.8 Å². The van der Waals surface area contributed by atoms with Crippen LogP contribution in [0.15, 0.2) is 0 Å². The van der Waals surface area contributed by atoms with Crippen LogP contribution in [0, 0.1) is 0 Å². The predicted molar refractivity (Wildman–Crippen MR) is 102 cm³/mol. The molecule has 6 N–H and O–H groups in total. The zero-order chi connectivity index (χ0) is 23.3. The Kier molecular flexibility index (Phi) is 11.8. The number of aliphatic carboxylic acids is 2. The number of alkyl carbamates (subject to hydrolysis) is 1. The van der Waals surface area contributed by atoms with Crippen LogP contribution >= 0.6 is 0 Å². The van der Waals surface area contributed by atoms with Crippen LogP contribution in [0.3, 0.4) is 0 Å². The minimum Gasteiger partial charge on any atom is -0.481 e. The summed E-state index contributed by atoms with van der Waals surface area (Å²) >= 11 is 0. The summed E-state index contributed by atoms with van der Waals surface area (Å²) in [4.78, 5) is 57.9. The molecular formula is C17H30N4O9. The highest BCUT2D eigenvalue weighted by Gasteiger charge is 2.23. The summed E-state index contributed by atoms with van der Waals surface area (Å²) in [7, 11) is 0. The molecule has 13 heteroatoms. The molecule has 4 amide bonds. The summed E-state index contributed by atoms with van der Waals surface area (Å²) in [6.45, 7) is 4.90. The third kappa shape index (κ3) is 13.1. The van der Waals surface area contributed by atoms with Gasteiger partial charge >= 0.3 is 24.1 Å².